The minimum absolute atomic E-state index is 0.199. The molecule has 0 spiro atoms. The van der Waals surface area contributed by atoms with Crippen molar-refractivity contribution in [3.63, 3.8) is 0 Å². The van der Waals surface area contributed by atoms with E-state index in [9.17, 15) is 10.2 Å². The molecule has 150 valence electrons. The number of methoxy groups -OCH3 is 1. The van der Waals surface area contributed by atoms with Gasteiger partial charge in [0, 0.05) is 11.8 Å². The lowest BCUT2D eigenvalue weighted by Crippen LogP contribution is -2.02. The van der Waals surface area contributed by atoms with E-state index in [1.54, 1.807) is 13.2 Å². The Morgan fingerprint density at radius 1 is 0.900 bits per heavy atom. The molecule has 4 aromatic rings. The maximum Gasteiger partial charge on any atom is 0.176 e. The quantitative estimate of drug-likeness (QED) is 0.217. The van der Waals surface area contributed by atoms with Crippen molar-refractivity contribution in [1.82, 2.24) is 19.9 Å². The summed E-state index contributed by atoms with van der Waals surface area (Å²) >= 11 is 0. The van der Waals surface area contributed by atoms with Gasteiger partial charge < -0.3 is 20.3 Å². The van der Waals surface area contributed by atoms with Gasteiger partial charge >= 0.3 is 0 Å². The molecule has 0 aliphatic heterocycles. The zero-order chi connectivity index (χ0) is 20.9. The highest BCUT2D eigenvalue weighted by Crippen LogP contribution is 2.26. The molecule has 0 aliphatic rings. The average molecular weight is 403 g/mol. The number of phenolic OH excluding ortho intramolecular Hbond substituents is 2. The molecule has 4 rings (SSSR count). The first-order valence-corrected chi connectivity index (χ1v) is 8.82. The number of hydrazone groups is 1. The number of benzene rings is 2. The second-order valence-electron chi connectivity index (χ2n) is 6.12. The van der Waals surface area contributed by atoms with E-state index in [-0.39, 0.29) is 11.5 Å². The molecule has 0 radical (unpaired) electrons. The largest absolute Gasteiger partial charge is 0.504 e. The second-order valence-corrected chi connectivity index (χ2v) is 6.12. The number of aromatic hydroxyl groups is 2. The molecule has 0 aliphatic carbocycles. The van der Waals surface area contributed by atoms with Gasteiger partial charge in [0.05, 0.1) is 13.3 Å². The number of rotatable bonds is 6. The van der Waals surface area contributed by atoms with Gasteiger partial charge in [-0.15, -0.1) is 0 Å². The van der Waals surface area contributed by atoms with Crippen molar-refractivity contribution >= 4 is 34.6 Å². The Morgan fingerprint density at radius 3 is 2.43 bits per heavy atom. The monoisotopic (exact) mass is 403 g/mol. The van der Waals surface area contributed by atoms with Gasteiger partial charge in [0.15, 0.2) is 23.1 Å². The number of hydrogen-bond donors (Lipinski definition) is 4. The normalized spacial score (nSPS) is 11.0. The highest BCUT2D eigenvalue weighted by atomic mass is 16.5. The fourth-order valence-electron chi connectivity index (χ4n) is 2.68. The van der Waals surface area contributed by atoms with Gasteiger partial charge in [0.1, 0.15) is 29.4 Å². The molecule has 10 nitrogen and oxygen atoms in total. The zero-order valence-electron chi connectivity index (χ0n) is 15.8. The smallest absolute Gasteiger partial charge is 0.176 e. The number of nitrogens with one attached hydrogen (secondary N) is 2. The van der Waals surface area contributed by atoms with E-state index in [1.165, 1.54) is 31.0 Å². The Kier molecular flexibility index (Phi) is 5.20. The highest BCUT2D eigenvalue weighted by molar-refractivity contribution is 5.93. The molecule has 2 aromatic carbocycles. The van der Waals surface area contributed by atoms with Crippen molar-refractivity contribution in [3.8, 4) is 17.2 Å². The minimum atomic E-state index is -0.229. The molecular formula is C20H17N7O3. The summed E-state index contributed by atoms with van der Waals surface area (Å²) < 4.78 is 5.24. The van der Waals surface area contributed by atoms with Gasteiger partial charge in [-0.3, -0.25) is 5.43 Å². The molecule has 0 fully saturated rings. The van der Waals surface area contributed by atoms with E-state index in [2.05, 4.69) is 35.8 Å². The summed E-state index contributed by atoms with van der Waals surface area (Å²) in [6, 6.07) is 11.8. The van der Waals surface area contributed by atoms with Gasteiger partial charge in [-0.05, 0) is 35.9 Å². The van der Waals surface area contributed by atoms with Crippen molar-refractivity contribution in [1.29, 1.82) is 0 Å². The summed E-state index contributed by atoms with van der Waals surface area (Å²) in [5.41, 5.74) is 5.17. The van der Waals surface area contributed by atoms with Crippen LogP contribution < -0.4 is 15.5 Å². The number of nitrogens with zero attached hydrogens (tertiary/aromatic N) is 5. The second kappa shape index (κ2) is 8.27. The van der Waals surface area contributed by atoms with E-state index in [0.29, 0.717) is 34.0 Å². The summed E-state index contributed by atoms with van der Waals surface area (Å²) in [6.45, 7) is 0. The van der Waals surface area contributed by atoms with Crippen LogP contribution in [0.5, 0.6) is 17.2 Å². The van der Waals surface area contributed by atoms with E-state index in [4.69, 9.17) is 4.74 Å². The molecule has 0 amide bonds. The Hall–Kier alpha value is -4.47. The first-order chi connectivity index (χ1) is 14.6. The first-order valence-electron chi connectivity index (χ1n) is 8.82. The van der Waals surface area contributed by atoms with Crippen LogP contribution in [-0.2, 0) is 0 Å². The van der Waals surface area contributed by atoms with E-state index < -0.39 is 0 Å². The molecular weight excluding hydrogens is 386 g/mol. The maximum atomic E-state index is 9.56. The SMILES string of the molecule is COc1cccc(Nc2ncnc3c(N/N=C/c4ccc(O)c(O)c4)ncnc23)c1. The van der Waals surface area contributed by atoms with Crippen molar-refractivity contribution in [2.75, 3.05) is 17.9 Å². The lowest BCUT2D eigenvalue weighted by Gasteiger charge is -2.10. The Labute approximate surface area is 171 Å². The minimum Gasteiger partial charge on any atom is -0.504 e. The standard InChI is InChI=1S/C20H17N7O3/c1-30-14-4-2-3-13(8-14)26-19-17-18(22-10-23-19)20(24-11-21-17)27-25-9-12-5-6-15(28)16(29)7-12/h2-11,28-29H,1H3,(H,21,24,27)(H,22,23,26)/b25-9+. The summed E-state index contributed by atoms with van der Waals surface area (Å²) in [5.74, 6) is 1.17. The molecule has 30 heavy (non-hydrogen) atoms. The molecule has 0 atom stereocenters. The molecule has 0 saturated carbocycles. The number of aromatic nitrogens is 4. The molecule has 10 heteroatoms. The van der Waals surface area contributed by atoms with Crippen LogP contribution in [0.25, 0.3) is 11.0 Å². The predicted octanol–water partition coefficient (Wildman–Crippen LogP) is 3.03. The number of hydrogen-bond acceptors (Lipinski definition) is 10. The van der Waals surface area contributed by atoms with Crippen molar-refractivity contribution in [2.24, 2.45) is 5.10 Å². The third-order valence-corrected chi connectivity index (χ3v) is 4.14. The van der Waals surface area contributed by atoms with Gasteiger partial charge in [0.25, 0.3) is 0 Å². The van der Waals surface area contributed by atoms with Crippen molar-refractivity contribution in [2.45, 2.75) is 0 Å². The summed E-state index contributed by atoms with van der Waals surface area (Å²) in [4.78, 5) is 17.0. The van der Waals surface area contributed by atoms with Crippen LogP contribution in [0.1, 0.15) is 5.56 Å². The van der Waals surface area contributed by atoms with Crippen LogP contribution in [0.2, 0.25) is 0 Å². The maximum absolute atomic E-state index is 9.56. The summed E-state index contributed by atoms with van der Waals surface area (Å²) in [5, 5.41) is 26.2. The number of fused-ring (bicyclic) bond motifs is 1. The Bertz CT molecular complexity index is 1230. The topological polar surface area (TPSA) is 138 Å². The van der Waals surface area contributed by atoms with Gasteiger partial charge in [-0.1, -0.05) is 6.07 Å². The van der Waals surface area contributed by atoms with Crippen molar-refractivity contribution < 1.29 is 14.9 Å². The van der Waals surface area contributed by atoms with E-state index in [0.717, 1.165) is 5.69 Å². The number of phenols is 2. The van der Waals surface area contributed by atoms with Gasteiger partial charge in [0.2, 0.25) is 0 Å². The van der Waals surface area contributed by atoms with Crippen LogP contribution >= 0.6 is 0 Å². The Balaban J connectivity index is 1.60. The fourth-order valence-corrected chi connectivity index (χ4v) is 2.68. The number of ether oxygens (including phenoxy) is 1. The van der Waals surface area contributed by atoms with Gasteiger partial charge in [-0.2, -0.15) is 5.10 Å². The van der Waals surface area contributed by atoms with Crippen LogP contribution in [0.4, 0.5) is 17.3 Å². The first kappa shape index (κ1) is 18.9. The number of anilines is 3. The third kappa shape index (κ3) is 4.02. The summed E-state index contributed by atoms with van der Waals surface area (Å²) in [6.07, 6.45) is 4.26. The fraction of sp³-hybridized carbons (Fsp3) is 0.0500. The zero-order valence-corrected chi connectivity index (χ0v) is 15.8. The molecule has 0 saturated heterocycles. The molecule has 0 bridgehead atoms. The van der Waals surface area contributed by atoms with Crippen molar-refractivity contribution in [3.05, 3.63) is 60.7 Å². The third-order valence-electron chi connectivity index (χ3n) is 4.14. The van der Waals surface area contributed by atoms with Crippen LogP contribution in [0.15, 0.2) is 60.2 Å². The van der Waals surface area contributed by atoms with Crippen LogP contribution in [0, 0.1) is 0 Å². The van der Waals surface area contributed by atoms with Crippen LogP contribution in [-0.4, -0.2) is 43.5 Å². The molecule has 2 aromatic heterocycles. The molecule has 4 N–H and O–H groups in total. The highest BCUT2D eigenvalue weighted by Gasteiger charge is 2.10. The lowest BCUT2D eigenvalue weighted by molar-refractivity contribution is 0.403. The van der Waals surface area contributed by atoms with E-state index in [1.807, 2.05) is 24.3 Å². The lowest BCUT2D eigenvalue weighted by atomic mass is 10.2. The Morgan fingerprint density at radius 2 is 1.67 bits per heavy atom. The van der Waals surface area contributed by atoms with E-state index >= 15 is 0 Å². The van der Waals surface area contributed by atoms with Crippen LogP contribution in [0.3, 0.4) is 0 Å². The summed E-state index contributed by atoms with van der Waals surface area (Å²) in [7, 11) is 1.60. The average Bonchev–Trinajstić information content (AvgIpc) is 2.77. The molecule has 0 unspecified atom stereocenters. The molecule has 2 heterocycles. The van der Waals surface area contributed by atoms with Gasteiger partial charge in [-0.25, -0.2) is 19.9 Å². The predicted molar refractivity (Wildman–Crippen MR) is 112 cm³/mol.